The Hall–Kier alpha value is -1.43. The van der Waals surface area contributed by atoms with Gasteiger partial charge in [0.25, 0.3) is 5.56 Å². The maximum Gasteiger partial charge on any atom is 0.291 e. The zero-order valence-corrected chi connectivity index (χ0v) is 9.60. The molecular formula is C9H12N4OS. The molecule has 15 heavy (non-hydrogen) atoms. The van der Waals surface area contributed by atoms with Crippen LogP contribution in [0.15, 0.2) is 11.1 Å². The van der Waals surface area contributed by atoms with E-state index >= 15 is 0 Å². The lowest BCUT2D eigenvalue weighted by molar-refractivity contribution is 0.348. The number of rotatable bonds is 0. The molecule has 0 saturated carbocycles. The van der Waals surface area contributed by atoms with Gasteiger partial charge in [-0.3, -0.25) is 9.89 Å². The summed E-state index contributed by atoms with van der Waals surface area (Å²) >= 11 is 5.03. The Bertz CT molecular complexity index is 613. The maximum absolute atomic E-state index is 12.0. The first-order valence-electron chi connectivity index (χ1n) is 4.60. The van der Waals surface area contributed by atoms with Crippen molar-refractivity contribution in [3.05, 3.63) is 21.3 Å². The van der Waals surface area contributed by atoms with Crippen LogP contribution in [0.2, 0.25) is 0 Å². The normalized spacial score (nSPS) is 12.2. The fourth-order valence-corrected chi connectivity index (χ4v) is 1.62. The lowest BCUT2D eigenvalue weighted by Crippen LogP contribution is -2.32. The van der Waals surface area contributed by atoms with Gasteiger partial charge in [0.2, 0.25) is 0 Å². The average Bonchev–Trinajstić information content (AvgIpc) is 2.45. The summed E-state index contributed by atoms with van der Waals surface area (Å²) in [5.74, 6) is 0. The molecule has 80 valence electrons. The molecule has 0 aliphatic carbocycles. The lowest BCUT2D eigenvalue weighted by Gasteiger charge is -2.18. The van der Waals surface area contributed by atoms with Crippen LogP contribution in [0.1, 0.15) is 20.8 Å². The number of aromatic nitrogens is 4. The van der Waals surface area contributed by atoms with E-state index in [1.165, 1.54) is 6.33 Å². The number of hydrogen-bond acceptors (Lipinski definition) is 3. The monoisotopic (exact) mass is 224 g/mol. The van der Waals surface area contributed by atoms with E-state index in [4.69, 9.17) is 12.2 Å². The zero-order chi connectivity index (χ0) is 11.2. The van der Waals surface area contributed by atoms with E-state index in [0.717, 1.165) is 0 Å². The Balaban J connectivity index is 2.94. The third-order valence-corrected chi connectivity index (χ3v) is 2.48. The third kappa shape index (κ3) is 1.50. The minimum absolute atomic E-state index is 0.106. The van der Waals surface area contributed by atoms with Gasteiger partial charge in [-0.1, -0.05) is 12.2 Å². The van der Waals surface area contributed by atoms with Crippen molar-refractivity contribution in [2.45, 2.75) is 26.3 Å². The second-order valence-electron chi connectivity index (χ2n) is 4.38. The topological polar surface area (TPSA) is 66.5 Å². The van der Waals surface area contributed by atoms with E-state index in [2.05, 4.69) is 15.1 Å². The first-order valence-corrected chi connectivity index (χ1v) is 5.01. The summed E-state index contributed by atoms with van der Waals surface area (Å²) in [7, 11) is 0. The predicted molar refractivity (Wildman–Crippen MR) is 60.5 cm³/mol. The largest absolute Gasteiger partial charge is 0.340 e. The number of H-pyrrole nitrogens is 2. The summed E-state index contributed by atoms with van der Waals surface area (Å²) < 4.78 is 1.95. The highest BCUT2D eigenvalue weighted by Gasteiger charge is 2.19. The van der Waals surface area contributed by atoms with Crippen molar-refractivity contribution in [1.29, 1.82) is 0 Å². The van der Waals surface area contributed by atoms with E-state index in [1.54, 1.807) is 4.68 Å². The van der Waals surface area contributed by atoms with E-state index in [9.17, 15) is 4.79 Å². The Morgan fingerprint density at radius 1 is 1.40 bits per heavy atom. The van der Waals surface area contributed by atoms with Crippen LogP contribution in [-0.2, 0) is 5.54 Å². The minimum Gasteiger partial charge on any atom is -0.340 e. The summed E-state index contributed by atoms with van der Waals surface area (Å²) in [6.07, 6.45) is 1.44. The first kappa shape index (κ1) is 10.1. The van der Waals surface area contributed by atoms with Crippen molar-refractivity contribution in [2.75, 3.05) is 0 Å². The lowest BCUT2D eigenvalue weighted by atomic mass is 10.1. The van der Waals surface area contributed by atoms with E-state index < -0.39 is 0 Å². The maximum atomic E-state index is 12.0. The average molecular weight is 224 g/mol. The SMILES string of the molecule is CC(C)(C)n1[nH]c2c(=S)nc[nH]c2c1=O. The fraction of sp³-hybridized carbons (Fsp3) is 0.444. The Morgan fingerprint density at radius 2 is 2.07 bits per heavy atom. The van der Waals surface area contributed by atoms with Crippen molar-refractivity contribution in [3.8, 4) is 0 Å². The fourth-order valence-electron chi connectivity index (χ4n) is 1.42. The molecule has 2 rings (SSSR count). The Kier molecular flexibility index (Phi) is 2.04. The first-order chi connectivity index (χ1) is 6.91. The van der Waals surface area contributed by atoms with Gasteiger partial charge in [-0.25, -0.2) is 9.67 Å². The standard InChI is InChI=1S/C9H12N4OS/c1-9(2,3)13-8(14)6-5(12-13)7(15)11-4-10-6/h4,12H,1-3H3,(H,10,11,15). The summed E-state index contributed by atoms with van der Waals surface area (Å²) in [6, 6.07) is 0. The van der Waals surface area contributed by atoms with Crippen LogP contribution in [0.3, 0.4) is 0 Å². The van der Waals surface area contributed by atoms with Crippen molar-refractivity contribution in [1.82, 2.24) is 19.7 Å². The van der Waals surface area contributed by atoms with Gasteiger partial charge in [0.05, 0.1) is 11.9 Å². The molecule has 0 aliphatic rings. The number of aromatic amines is 2. The van der Waals surface area contributed by atoms with Crippen LogP contribution in [0, 0.1) is 4.64 Å². The van der Waals surface area contributed by atoms with Crippen LogP contribution in [0.5, 0.6) is 0 Å². The molecule has 0 atom stereocenters. The molecule has 0 spiro atoms. The summed E-state index contributed by atoms with van der Waals surface area (Å²) in [6.45, 7) is 5.83. The number of fused-ring (bicyclic) bond motifs is 1. The van der Waals surface area contributed by atoms with Crippen LogP contribution in [0.4, 0.5) is 0 Å². The number of nitrogens with one attached hydrogen (secondary N) is 2. The summed E-state index contributed by atoms with van der Waals surface area (Å²) in [5.41, 5.74) is 0.662. The molecule has 0 radical (unpaired) electrons. The Labute approximate surface area is 91.1 Å². The van der Waals surface area contributed by atoms with Crippen LogP contribution >= 0.6 is 12.2 Å². The molecule has 2 aromatic rings. The highest BCUT2D eigenvalue weighted by Crippen LogP contribution is 2.12. The number of hydrogen-bond donors (Lipinski definition) is 2. The molecule has 0 aliphatic heterocycles. The van der Waals surface area contributed by atoms with Crippen LogP contribution < -0.4 is 5.56 Å². The molecule has 0 fully saturated rings. The second-order valence-corrected chi connectivity index (χ2v) is 4.77. The minimum atomic E-state index is -0.300. The number of nitrogens with zero attached hydrogens (tertiary/aromatic N) is 2. The van der Waals surface area contributed by atoms with E-state index in [1.807, 2.05) is 20.8 Å². The molecule has 2 N–H and O–H groups in total. The van der Waals surface area contributed by atoms with Crippen molar-refractivity contribution in [2.24, 2.45) is 0 Å². The van der Waals surface area contributed by atoms with Crippen molar-refractivity contribution >= 4 is 23.3 Å². The summed E-state index contributed by atoms with van der Waals surface area (Å²) in [5, 5.41) is 2.98. The predicted octanol–water partition coefficient (Wildman–Crippen LogP) is 1.54. The molecule has 0 unspecified atom stereocenters. The molecular weight excluding hydrogens is 212 g/mol. The third-order valence-electron chi connectivity index (χ3n) is 2.17. The van der Waals surface area contributed by atoms with E-state index in [-0.39, 0.29) is 11.1 Å². The van der Waals surface area contributed by atoms with Gasteiger partial charge >= 0.3 is 0 Å². The van der Waals surface area contributed by atoms with Crippen molar-refractivity contribution in [3.63, 3.8) is 0 Å². The van der Waals surface area contributed by atoms with Gasteiger partial charge in [-0.15, -0.1) is 0 Å². The van der Waals surface area contributed by atoms with Crippen LogP contribution in [0.25, 0.3) is 11.0 Å². The molecule has 5 nitrogen and oxygen atoms in total. The van der Waals surface area contributed by atoms with Crippen LogP contribution in [-0.4, -0.2) is 19.7 Å². The quantitative estimate of drug-likeness (QED) is 0.667. The molecule has 2 heterocycles. The van der Waals surface area contributed by atoms with Gasteiger partial charge in [-0.05, 0) is 20.8 Å². The van der Waals surface area contributed by atoms with Gasteiger partial charge in [0, 0.05) is 0 Å². The van der Waals surface area contributed by atoms with Gasteiger partial charge in [0.1, 0.15) is 11.0 Å². The van der Waals surface area contributed by atoms with Gasteiger partial charge in [-0.2, -0.15) is 0 Å². The molecule has 0 amide bonds. The molecule has 0 saturated heterocycles. The van der Waals surface area contributed by atoms with Crippen molar-refractivity contribution < 1.29 is 0 Å². The van der Waals surface area contributed by atoms with Gasteiger partial charge in [0.15, 0.2) is 4.64 Å². The zero-order valence-electron chi connectivity index (χ0n) is 8.79. The van der Waals surface area contributed by atoms with E-state index in [0.29, 0.717) is 15.7 Å². The second kappa shape index (κ2) is 3.03. The highest BCUT2D eigenvalue weighted by molar-refractivity contribution is 7.71. The molecule has 2 aromatic heterocycles. The summed E-state index contributed by atoms with van der Waals surface area (Å²) in [4.78, 5) is 18.7. The highest BCUT2D eigenvalue weighted by atomic mass is 32.1. The molecule has 0 bridgehead atoms. The molecule has 0 aromatic carbocycles. The van der Waals surface area contributed by atoms with Gasteiger partial charge < -0.3 is 4.98 Å². The Morgan fingerprint density at radius 3 is 2.60 bits per heavy atom. The molecule has 6 heteroatoms. The smallest absolute Gasteiger partial charge is 0.291 e.